The molecule has 1 heterocycles. The third kappa shape index (κ3) is 4.29. The molecule has 0 aliphatic carbocycles. The Morgan fingerprint density at radius 3 is 2.52 bits per heavy atom. The number of carbonyl (C=O) groups excluding carboxylic acids is 1. The first-order chi connectivity index (χ1) is 13.8. The zero-order valence-corrected chi connectivity index (χ0v) is 16.2. The van der Waals surface area contributed by atoms with Crippen LogP contribution in [0.25, 0.3) is 11.1 Å². The van der Waals surface area contributed by atoms with E-state index in [1.807, 2.05) is 0 Å². The molecule has 0 aliphatic heterocycles. The van der Waals surface area contributed by atoms with E-state index in [0.29, 0.717) is 22.6 Å². The summed E-state index contributed by atoms with van der Waals surface area (Å²) in [5, 5.41) is 12.2. The van der Waals surface area contributed by atoms with Gasteiger partial charge in [-0.2, -0.15) is 0 Å². The van der Waals surface area contributed by atoms with Gasteiger partial charge in [0.2, 0.25) is 0 Å². The van der Waals surface area contributed by atoms with Crippen LogP contribution in [0.15, 0.2) is 53.3 Å². The zero-order chi connectivity index (χ0) is 21.1. The Morgan fingerprint density at radius 2 is 1.86 bits per heavy atom. The van der Waals surface area contributed by atoms with Crippen molar-refractivity contribution in [3.63, 3.8) is 0 Å². The number of phenols is 1. The maximum Gasteiger partial charge on any atom is 0.261 e. The maximum absolute atomic E-state index is 13.6. The van der Waals surface area contributed by atoms with Crippen LogP contribution in [0.4, 0.5) is 4.39 Å². The van der Waals surface area contributed by atoms with E-state index in [1.54, 1.807) is 26.0 Å². The molecule has 0 saturated heterocycles. The molecule has 0 unspecified atom stereocenters. The summed E-state index contributed by atoms with van der Waals surface area (Å²) in [7, 11) is 1.46. The van der Waals surface area contributed by atoms with E-state index in [4.69, 9.17) is 4.74 Å². The largest absolute Gasteiger partial charge is 0.508 e. The van der Waals surface area contributed by atoms with E-state index in [9.17, 15) is 19.1 Å². The number of hydrogen-bond donors (Lipinski definition) is 3. The summed E-state index contributed by atoms with van der Waals surface area (Å²) in [5.41, 5.74) is 1.86. The first-order valence-electron chi connectivity index (χ1n) is 8.97. The Hall–Kier alpha value is -3.61. The van der Waals surface area contributed by atoms with E-state index in [2.05, 4.69) is 10.3 Å². The van der Waals surface area contributed by atoms with Crippen LogP contribution in [-0.4, -0.2) is 23.1 Å². The van der Waals surface area contributed by atoms with Crippen LogP contribution >= 0.6 is 0 Å². The number of nitrogens with one attached hydrogen (secondary N) is 2. The highest BCUT2D eigenvalue weighted by atomic mass is 19.1. The Balaban J connectivity index is 1.93. The number of aromatic amines is 1. The van der Waals surface area contributed by atoms with Crippen LogP contribution in [0.5, 0.6) is 11.5 Å². The van der Waals surface area contributed by atoms with E-state index in [-0.39, 0.29) is 11.3 Å². The van der Waals surface area contributed by atoms with Gasteiger partial charge < -0.3 is 20.1 Å². The SMILES string of the molecule is COc1ccc(F)cc1[C@@H](C)NC(=O)c1cc(-c2ccc(O)cc2)c(C)[nH]c1=O. The Morgan fingerprint density at radius 1 is 1.17 bits per heavy atom. The van der Waals surface area contributed by atoms with Gasteiger partial charge in [0, 0.05) is 16.8 Å². The number of aryl methyl sites for hydroxylation is 1. The van der Waals surface area contributed by atoms with Crippen LogP contribution < -0.4 is 15.6 Å². The van der Waals surface area contributed by atoms with Gasteiger partial charge in [-0.1, -0.05) is 12.1 Å². The van der Waals surface area contributed by atoms with Gasteiger partial charge in [0.15, 0.2) is 0 Å². The number of rotatable bonds is 5. The van der Waals surface area contributed by atoms with Crippen molar-refractivity contribution in [2.45, 2.75) is 19.9 Å². The molecule has 7 heteroatoms. The molecule has 150 valence electrons. The number of pyridine rings is 1. The number of amides is 1. The number of benzene rings is 2. The molecule has 6 nitrogen and oxygen atoms in total. The van der Waals surface area contributed by atoms with E-state index < -0.39 is 23.3 Å². The second kappa shape index (κ2) is 8.18. The van der Waals surface area contributed by atoms with Crippen molar-refractivity contribution in [3.05, 3.63) is 81.5 Å². The number of H-pyrrole nitrogens is 1. The number of phenolic OH excluding ortho intramolecular Hbond substituents is 1. The van der Waals surface area contributed by atoms with Gasteiger partial charge in [0.1, 0.15) is 22.9 Å². The number of aromatic hydroxyl groups is 1. The average Bonchev–Trinajstić information content (AvgIpc) is 2.68. The maximum atomic E-state index is 13.6. The van der Waals surface area contributed by atoms with Crippen molar-refractivity contribution >= 4 is 5.91 Å². The molecule has 0 spiro atoms. The van der Waals surface area contributed by atoms with Crippen molar-refractivity contribution in [1.82, 2.24) is 10.3 Å². The highest BCUT2D eigenvalue weighted by Crippen LogP contribution is 2.27. The molecule has 2 aromatic carbocycles. The summed E-state index contributed by atoms with van der Waals surface area (Å²) in [6, 6.07) is 11.4. The normalized spacial score (nSPS) is 11.7. The van der Waals surface area contributed by atoms with Crippen molar-refractivity contribution in [2.75, 3.05) is 7.11 Å². The number of ether oxygens (including phenoxy) is 1. The minimum Gasteiger partial charge on any atom is -0.508 e. The molecule has 0 bridgehead atoms. The second-order valence-corrected chi connectivity index (χ2v) is 6.68. The minimum absolute atomic E-state index is 0.0686. The fourth-order valence-electron chi connectivity index (χ4n) is 3.13. The number of methoxy groups -OCH3 is 1. The van der Waals surface area contributed by atoms with Crippen LogP contribution in [0.2, 0.25) is 0 Å². The molecule has 1 aromatic heterocycles. The first kappa shape index (κ1) is 20.1. The molecule has 0 fully saturated rings. The van der Waals surface area contributed by atoms with E-state index in [0.717, 1.165) is 5.56 Å². The summed E-state index contributed by atoms with van der Waals surface area (Å²) in [4.78, 5) is 27.8. The zero-order valence-electron chi connectivity index (χ0n) is 16.2. The third-order valence-electron chi connectivity index (χ3n) is 4.67. The van der Waals surface area contributed by atoms with Gasteiger partial charge in [-0.15, -0.1) is 0 Å². The molecule has 3 N–H and O–H groups in total. The highest BCUT2D eigenvalue weighted by molar-refractivity contribution is 5.95. The number of hydrogen-bond acceptors (Lipinski definition) is 4. The van der Waals surface area contributed by atoms with Crippen LogP contribution in [0.3, 0.4) is 0 Å². The standard InChI is InChI=1S/C22H21FN2O4/c1-12-17(14-4-7-16(26)8-5-14)11-19(21(27)24-12)22(28)25-13(2)18-10-15(23)6-9-20(18)29-3/h4-11,13,26H,1-3H3,(H,24,27)(H,25,28)/t13-/m1/s1. The fraction of sp³-hybridized carbons (Fsp3) is 0.182. The van der Waals surface area contributed by atoms with Gasteiger partial charge in [-0.05, 0) is 55.8 Å². The van der Waals surface area contributed by atoms with Crippen LogP contribution in [0, 0.1) is 12.7 Å². The topological polar surface area (TPSA) is 91.4 Å². The average molecular weight is 396 g/mol. The Labute approximate surface area is 167 Å². The lowest BCUT2D eigenvalue weighted by Gasteiger charge is -2.18. The third-order valence-corrected chi connectivity index (χ3v) is 4.67. The predicted molar refractivity (Wildman–Crippen MR) is 108 cm³/mol. The smallest absolute Gasteiger partial charge is 0.261 e. The first-order valence-corrected chi connectivity index (χ1v) is 8.97. The molecule has 0 saturated carbocycles. The molecule has 3 aromatic rings. The lowest BCUT2D eigenvalue weighted by atomic mass is 10.0. The fourth-order valence-corrected chi connectivity index (χ4v) is 3.13. The van der Waals surface area contributed by atoms with Gasteiger partial charge in [0.05, 0.1) is 13.2 Å². The van der Waals surface area contributed by atoms with E-state index >= 15 is 0 Å². The van der Waals surface area contributed by atoms with Gasteiger partial charge in [-0.25, -0.2) is 4.39 Å². The summed E-state index contributed by atoms with van der Waals surface area (Å²) in [6.07, 6.45) is 0. The molecule has 1 amide bonds. The lowest BCUT2D eigenvalue weighted by Crippen LogP contribution is -2.32. The molecule has 0 aliphatic rings. The number of aromatic nitrogens is 1. The second-order valence-electron chi connectivity index (χ2n) is 6.68. The molecular formula is C22H21FN2O4. The number of halogens is 1. The van der Waals surface area contributed by atoms with Crippen LogP contribution in [0.1, 0.15) is 34.6 Å². The van der Waals surface area contributed by atoms with Gasteiger partial charge in [0.25, 0.3) is 11.5 Å². The summed E-state index contributed by atoms with van der Waals surface area (Å²) in [6.45, 7) is 3.41. The van der Waals surface area contributed by atoms with Gasteiger partial charge in [-0.3, -0.25) is 9.59 Å². The van der Waals surface area contributed by atoms with Crippen molar-refractivity contribution in [3.8, 4) is 22.6 Å². The summed E-state index contributed by atoms with van der Waals surface area (Å²) < 4.78 is 18.9. The molecule has 29 heavy (non-hydrogen) atoms. The summed E-state index contributed by atoms with van der Waals surface area (Å²) >= 11 is 0. The molecule has 1 atom stereocenters. The van der Waals surface area contributed by atoms with Crippen molar-refractivity contribution < 1.29 is 19.0 Å². The van der Waals surface area contributed by atoms with Crippen LogP contribution in [-0.2, 0) is 0 Å². The predicted octanol–water partition coefficient (Wildman–Crippen LogP) is 3.69. The highest BCUT2D eigenvalue weighted by Gasteiger charge is 2.19. The molecular weight excluding hydrogens is 375 g/mol. The Kier molecular flexibility index (Phi) is 5.68. The van der Waals surface area contributed by atoms with Crippen molar-refractivity contribution in [1.29, 1.82) is 0 Å². The summed E-state index contributed by atoms with van der Waals surface area (Å²) in [5.74, 6) is -0.497. The lowest BCUT2D eigenvalue weighted by molar-refractivity contribution is 0.0938. The van der Waals surface area contributed by atoms with Crippen molar-refractivity contribution in [2.24, 2.45) is 0 Å². The van der Waals surface area contributed by atoms with E-state index in [1.165, 1.54) is 43.5 Å². The quantitative estimate of drug-likeness (QED) is 0.613. The minimum atomic E-state index is -0.593. The molecule has 3 rings (SSSR count). The molecule has 0 radical (unpaired) electrons. The van der Waals surface area contributed by atoms with Gasteiger partial charge >= 0.3 is 0 Å². The Bertz CT molecular complexity index is 1110. The monoisotopic (exact) mass is 396 g/mol. The number of carbonyl (C=O) groups is 1.